The smallest absolute Gasteiger partial charge is 0.326 e. The first-order valence-electron chi connectivity index (χ1n) is 15.5. The van der Waals surface area contributed by atoms with Crippen molar-refractivity contribution in [2.75, 3.05) is 43.4 Å². The molecule has 4 heterocycles. The van der Waals surface area contributed by atoms with Gasteiger partial charge in [0.05, 0.1) is 16.8 Å². The number of nitrogens with one attached hydrogen (secondary N) is 1. The van der Waals surface area contributed by atoms with E-state index in [1.165, 1.54) is 37.4 Å². The second kappa shape index (κ2) is 13.3. The lowest BCUT2D eigenvalue weighted by Gasteiger charge is -2.40. The van der Waals surface area contributed by atoms with E-state index in [2.05, 4.69) is 21.8 Å². The van der Waals surface area contributed by atoms with Crippen LogP contribution in [0, 0.1) is 5.92 Å². The highest BCUT2D eigenvalue weighted by molar-refractivity contribution is 7.99. The zero-order valence-corrected chi connectivity index (χ0v) is 26.3. The molecule has 2 saturated heterocycles. The Bertz CT molecular complexity index is 1510. The van der Waals surface area contributed by atoms with Crippen molar-refractivity contribution in [3.8, 4) is 0 Å². The van der Waals surface area contributed by atoms with E-state index < -0.39 is 0 Å². The van der Waals surface area contributed by atoms with Crippen LogP contribution >= 0.6 is 23.4 Å². The third kappa shape index (κ3) is 6.87. The summed E-state index contributed by atoms with van der Waals surface area (Å²) in [5.41, 5.74) is 1.64. The molecule has 6 rings (SSSR count). The third-order valence-corrected chi connectivity index (χ3v) is 10.3. The van der Waals surface area contributed by atoms with Crippen molar-refractivity contribution in [1.82, 2.24) is 29.3 Å². The number of carbonyl (C=O) groups is 2. The fourth-order valence-corrected chi connectivity index (χ4v) is 7.93. The van der Waals surface area contributed by atoms with Crippen LogP contribution in [0.25, 0.3) is 11.0 Å². The van der Waals surface area contributed by atoms with Gasteiger partial charge in [0.1, 0.15) is 11.0 Å². The Morgan fingerprint density at radius 2 is 1.79 bits per heavy atom. The lowest BCUT2D eigenvalue weighted by Crippen LogP contribution is -2.54. The number of imidazole rings is 1. The predicted octanol–water partition coefficient (Wildman–Crippen LogP) is 4.74. The third-order valence-electron chi connectivity index (χ3n) is 9.30. The number of likely N-dealkylation sites (tertiary alicyclic amines) is 1. The van der Waals surface area contributed by atoms with Crippen LogP contribution in [-0.2, 0) is 9.59 Å². The van der Waals surface area contributed by atoms with Gasteiger partial charge >= 0.3 is 5.69 Å². The molecule has 1 N–H and O–H groups in total. The number of H-pyrrole nitrogens is 1. The molecule has 2 amide bonds. The number of thioether (sulfide) groups is 1. The molecule has 1 saturated carbocycles. The summed E-state index contributed by atoms with van der Waals surface area (Å²) in [6.07, 6.45) is 8.24. The molecular formula is C31H40ClN7O3S. The number of fused-ring (bicyclic) bond motifs is 1. The fourth-order valence-electron chi connectivity index (χ4n) is 6.95. The summed E-state index contributed by atoms with van der Waals surface area (Å²) in [4.78, 5) is 56.7. The Morgan fingerprint density at radius 1 is 1.02 bits per heavy atom. The van der Waals surface area contributed by atoms with Crippen LogP contribution in [-0.4, -0.2) is 85.7 Å². The number of amides is 2. The first-order valence-corrected chi connectivity index (χ1v) is 16.9. The number of hydrogen-bond acceptors (Lipinski definition) is 7. The molecule has 3 aliphatic rings. The summed E-state index contributed by atoms with van der Waals surface area (Å²) in [6.45, 7) is 5.31. The Balaban J connectivity index is 1.00. The molecule has 3 fully saturated rings. The molecule has 43 heavy (non-hydrogen) atoms. The average Bonchev–Trinajstić information content (AvgIpc) is 3.65. The molecule has 230 valence electrons. The highest BCUT2D eigenvalue weighted by Gasteiger charge is 2.30. The SMILES string of the molecule is CC1CN(c2cc(Cl)nc(SCC(=O)N3CCC(n4c(=O)[nH]c5ccccc54)CC3)n2)CCN1C(=O)CCC1CCCC1. The van der Waals surface area contributed by atoms with Gasteiger partial charge in [0.2, 0.25) is 11.8 Å². The van der Waals surface area contributed by atoms with E-state index in [9.17, 15) is 14.4 Å². The van der Waals surface area contributed by atoms with Crippen LogP contribution < -0.4 is 10.6 Å². The van der Waals surface area contributed by atoms with Gasteiger partial charge in [0, 0.05) is 57.3 Å². The maximum absolute atomic E-state index is 13.1. The summed E-state index contributed by atoms with van der Waals surface area (Å²) in [5, 5.41) is 0.812. The standard InChI is InChI=1S/C31H40ClN7O3S/c1-21-19-37(16-17-38(21)28(40)11-10-22-6-2-3-7-22)27-18-26(32)34-30(35-27)43-20-29(41)36-14-12-23(13-15-36)39-25-9-5-4-8-24(25)33-31(39)42/h4-5,8-9,18,21-23H,2-3,6-7,10-17,19-20H2,1H3,(H,33,42). The number of nitrogens with zero attached hydrogens (tertiary/aromatic N) is 6. The zero-order chi connectivity index (χ0) is 29.9. The summed E-state index contributed by atoms with van der Waals surface area (Å²) in [6, 6.07) is 9.62. The number of anilines is 1. The lowest BCUT2D eigenvalue weighted by molar-refractivity contribution is -0.134. The molecule has 0 bridgehead atoms. The molecule has 0 radical (unpaired) electrons. The molecule has 3 aromatic rings. The number of carbonyl (C=O) groups excluding carboxylic acids is 2. The van der Waals surface area contributed by atoms with Crippen molar-refractivity contribution >= 4 is 52.0 Å². The van der Waals surface area contributed by atoms with Gasteiger partial charge in [-0.1, -0.05) is 61.2 Å². The van der Waals surface area contributed by atoms with E-state index in [0.29, 0.717) is 49.5 Å². The van der Waals surface area contributed by atoms with Crippen molar-refractivity contribution in [2.24, 2.45) is 5.92 Å². The van der Waals surface area contributed by atoms with E-state index >= 15 is 0 Å². The van der Waals surface area contributed by atoms with Crippen molar-refractivity contribution in [1.29, 1.82) is 0 Å². The van der Waals surface area contributed by atoms with Crippen LogP contribution in [0.3, 0.4) is 0 Å². The second-order valence-corrected chi connectivity index (χ2v) is 13.5. The number of rotatable bonds is 8. The predicted molar refractivity (Wildman–Crippen MR) is 170 cm³/mol. The van der Waals surface area contributed by atoms with E-state index in [-0.39, 0.29) is 35.3 Å². The number of piperidine rings is 1. The van der Waals surface area contributed by atoms with Crippen molar-refractivity contribution < 1.29 is 9.59 Å². The monoisotopic (exact) mass is 625 g/mol. The van der Waals surface area contributed by atoms with E-state index in [0.717, 1.165) is 42.0 Å². The summed E-state index contributed by atoms with van der Waals surface area (Å²) < 4.78 is 1.83. The van der Waals surface area contributed by atoms with Gasteiger partial charge in [-0.3, -0.25) is 14.2 Å². The summed E-state index contributed by atoms with van der Waals surface area (Å²) >= 11 is 7.68. The quantitative estimate of drug-likeness (QED) is 0.219. The molecule has 1 atom stereocenters. The number of piperazine rings is 1. The van der Waals surface area contributed by atoms with Gasteiger partial charge in [0.25, 0.3) is 0 Å². The molecule has 12 heteroatoms. The second-order valence-electron chi connectivity index (χ2n) is 12.1. The molecule has 1 aromatic carbocycles. The number of para-hydroxylation sites is 2. The van der Waals surface area contributed by atoms with Gasteiger partial charge in [-0.2, -0.15) is 0 Å². The highest BCUT2D eigenvalue weighted by Crippen LogP contribution is 2.30. The molecule has 1 aliphatic carbocycles. The minimum atomic E-state index is -0.0998. The van der Waals surface area contributed by atoms with E-state index in [1.54, 1.807) is 6.07 Å². The first kappa shape index (κ1) is 30.0. The Kier molecular flexibility index (Phi) is 9.28. The number of hydrogen-bond donors (Lipinski definition) is 1. The first-order chi connectivity index (χ1) is 20.9. The van der Waals surface area contributed by atoms with E-state index in [1.807, 2.05) is 38.6 Å². The lowest BCUT2D eigenvalue weighted by atomic mass is 10.0. The minimum Gasteiger partial charge on any atom is -0.353 e. The maximum atomic E-state index is 13.1. The van der Waals surface area contributed by atoms with Gasteiger partial charge < -0.3 is 19.7 Å². The van der Waals surface area contributed by atoms with Crippen LogP contribution in [0.2, 0.25) is 5.15 Å². The zero-order valence-electron chi connectivity index (χ0n) is 24.7. The maximum Gasteiger partial charge on any atom is 0.326 e. The van der Waals surface area contributed by atoms with Crippen molar-refractivity contribution in [3.63, 3.8) is 0 Å². The molecule has 2 aromatic heterocycles. The topological polar surface area (TPSA) is 107 Å². The number of benzene rings is 1. The van der Waals surface area contributed by atoms with E-state index in [4.69, 9.17) is 16.6 Å². The number of aromatic nitrogens is 4. The van der Waals surface area contributed by atoms with Crippen LogP contribution in [0.4, 0.5) is 5.82 Å². The molecular weight excluding hydrogens is 586 g/mol. The molecule has 10 nitrogen and oxygen atoms in total. The van der Waals surface area contributed by atoms with Gasteiger partial charge in [0.15, 0.2) is 5.16 Å². The van der Waals surface area contributed by atoms with Gasteiger partial charge in [-0.25, -0.2) is 14.8 Å². The van der Waals surface area contributed by atoms with Gasteiger partial charge in [-0.05, 0) is 44.2 Å². The van der Waals surface area contributed by atoms with Crippen LogP contribution in [0.5, 0.6) is 0 Å². The minimum absolute atomic E-state index is 0.0261. The number of halogens is 1. The number of aromatic amines is 1. The van der Waals surface area contributed by atoms with Gasteiger partial charge in [-0.15, -0.1) is 0 Å². The van der Waals surface area contributed by atoms with Crippen molar-refractivity contribution in [2.45, 2.75) is 75.5 Å². The highest BCUT2D eigenvalue weighted by atomic mass is 35.5. The molecule has 1 unspecified atom stereocenters. The Labute approximate surface area is 261 Å². The molecule has 2 aliphatic heterocycles. The van der Waals surface area contributed by atoms with Crippen LogP contribution in [0.1, 0.15) is 64.3 Å². The fraction of sp³-hybridized carbons (Fsp3) is 0.581. The summed E-state index contributed by atoms with van der Waals surface area (Å²) in [7, 11) is 0. The van der Waals surface area contributed by atoms with Crippen LogP contribution in [0.15, 0.2) is 40.3 Å². The normalized spacial score (nSPS) is 20.3. The average molecular weight is 626 g/mol. The van der Waals surface area contributed by atoms with Crippen molar-refractivity contribution in [3.05, 3.63) is 46.0 Å². The Hall–Kier alpha value is -3.05. The molecule has 0 spiro atoms. The largest absolute Gasteiger partial charge is 0.353 e. The Morgan fingerprint density at radius 3 is 2.56 bits per heavy atom. The summed E-state index contributed by atoms with van der Waals surface area (Å²) in [5.74, 6) is 1.95.